The van der Waals surface area contributed by atoms with Gasteiger partial charge in [-0.15, -0.1) is 0 Å². The molecule has 2 aromatic carbocycles. The zero-order valence-electron chi connectivity index (χ0n) is 15.3. The zero-order chi connectivity index (χ0) is 21.2. The first kappa shape index (κ1) is 20.0. The van der Waals surface area contributed by atoms with Crippen LogP contribution in [0.25, 0.3) is 5.69 Å². The molecule has 0 unspecified atom stereocenters. The molecule has 6 nitrogen and oxygen atoms in total. The first-order chi connectivity index (χ1) is 13.6. The Kier molecular flexibility index (Phi) is 5.31. The molecule has 0 aliphatic carbocycles. The topological polar surface area (TPSA) is 82.2 Å². The van der Waals surface area contributed by atoms with Crippen molar-refractivity contribution in [3.63, 3.8) is 0 Å². The molecule has 29 heavy (non-hydrogen) atoms. The standard InChI is InChI=1S/C20H17F3N4O2/c1-12-9-18(17(20(21,22)23)10-16(12)19(28)26-13(2)24)29-15-5-3-14(4-6-15)27-8-7-25-11-27/h3-11H,2,24H2,1H3,(H,26,28). The number of ether oxygens (including phenoxy) is 1. The number of aryl methyl sites for hydroxylation is 1. The van der Waals surface area contributed by atoms with Crippen LogP contribution < -0.4 is 15.8 Å². The van der Waals surface area contributed by atoms with Gasteiger partial charge >= 0.3 is 6.18 Å². The summed E-state index contributed by atoms with van der Waals surface area (Å²) in [5.74, 6) is -1.14. The third-order valence-corrected chi connectivity index (χ3v) is 4.02. The molecule has 1 amide bonds. The number of aromatic nitrogens is 2. The van der Waals surface area contributed by atoms with Crippen molar-refractivity contribution in [2.24, 2.45) is 5.73 Å². The Hall–Kier alpha value is -3.75. The SMILES string of the molecule is C=C(N)NC(=O)c1cc(C(F)(F)F)c(Oc2ccc(-n3ccnc3)cc2)cc1C. The van der Waals surface area contributed by atoms with E-state index in [-0.39, 0.29) is 17.1 Å². The van der Waals surface area contributed by atoms with E-state index < -0.39 is 23.4 Å². The van der Waals surface area contributed by atoms with Crippen molar-refractivity contribution < 1.29 is 22.7 Å². The normalized spacial score (nSPS) is 11.2. The van der Waals surface area contributed by atoms with Gasteiger partial charge in [0, 0.05) is 23.6 Å². The molecule has 3 N–H and O–H groups in total. The van der Waals surface area contributed by atoms with Gasteiger partial charge in [0.05, 0.1) is 17.7 Å². The van der Waals surface area contributed by atoms with Crippen molar-refractivity contribution in [2.45, 2.75) is 13.1 Å². The Morgan fingerprint density at radius 3 is 2.48 bits per heavy atom. The number of carbonyl (C=O) groups excluding carboxylic acids is 1. The molecule has 0 saturated heterocycles. The number of rotatable bonds is 5. The summed E-state index contributed by atoms with van der Waals surface area (Å²) >= 11 is 0. The summed E-state index contributed by atoms with van der Waals surface area (Å²) < 4.78 is 48.0. The van der Waals surface area contributed by atoms with Crippen LogP contribution in [0.4, 0.5) is 13.2 Å². The predicted octanol–water partition coefficient (Wildman–Crippen LogP) is 4.15. The minimum Gasteiger partial charge on any atom is -0.457 e. The molecule has 1 aromatic heterocycles. The average Bonchev–Trinajstić information content (AvgIpc) is 3.15. The molecule has 0 atom stereocenters. The monoisotopic (exact) mass is 402 g/mol. The van der Waals surface area contributed by atoms with E-state index in [2.05, 4.69) is 16.9 Å². The number of nitrogens with one attached hydrogen (secondary N) is 1. The Balaban J connectivity index is 1.95. The highest BCUT2D eigenvalue weighted by atomic mass is 19.4. The molecule has 0 spiro atoms. The van der Waals surface area contributed by atoms with Crippen LogP contribution in [0.3, 0.4) is 0 Å². The van der Waals surface area contributed by atoms with E-state index in [4.69, 9.17) is 10.5 Å². The second-order valence-corrected chi connectivity index (χ2v) is 6.21. The number of hydrogen-bond acceptors (Lipinski definition) is 4. The van der Waals surface area contributed by atoms with E-state index in [1.54, 1.807) is 47.6 Å². The van der Waals surface area contributed by atoms with Gasteiger partial charge in [0.2, 0.25) is 0 Å². The van der Waals surface area contributed by atoms with Gasteiger partial charge in [-0.1, -0.05) is 6.58 Å². The summed E-state index contributed by atoms with van der Waals surface area (Å²) in [7, 11) is 0. The van der Waals surface area contributed by atoms with Gasteiger partial charge in [-0.05, 0) is 48.9 Å². The van der Waals surface area contributed by atoms with Gasteiger partial charge in [-0.25, -0.2) is 4.98 Å². The van der Waals surface area contributed by atoms with Crippen LogP contribution >= 0.6 is 0 Å². The molecule has 0 fully saturated rings. The second-order valence-electron chi connectivity index (χ2n) is 6.21. The fourth-order valence-corrected chi connectivity index (χ4v) is 2.67. The van der Waals surface area contributed by atoms with Crippen molar-refractivity contribution in [1.29, 1.82) is 0 Å². The number of hydrogen-bond donors (Lipinski definition) is 2. The summed E-state index contributed by atoms with van der Waals surface area (Å²) in [5.41, 5.74) is 5.12. The predicted molar refractivity (Wildman–Crippen MR) is 101 cm³/mol. The van der Waals surface area contributed by atoms with Crippen molar-refractivity contribution in [3.8, 4) is 17.2 Å². The van der Waals surface area contributed by atoms with Crippen molar-refractivity contribution in [2.75, 3.05) is 0 Å². The number of amides is 1. The lowest BCUT2D eigenvalue weighted by molar-refractivity contribution is -0.138. The fraction of sp³-hybridized carbons (Fsp3) is 0.100. The maximum atomic E-state index is 13.6. The molecular formula is C20H17F3N4O2. The van der Waals surface area contributed by atoms with E-state index >= 15 is 0 Å². The third-order valence-electron chi connectivity index (χ3n) is 4.02. The maximum absolute atomic E-state index is 13.6. The third kappa shape index (κ3) is 4.57. The van der Waals surface area contributed by atoms with Crippen molar-refractivity contribution in [1.82, 2.24) is 14.9 Å². The molecule has 150 valence electrons. The lowest BCUT2D eigenvalue weighted by atomic mass is 10.0. The van der Waals surface area contributed by atoms with Gasteiger partial charge in [-0.3, -0.25) is 4.79 Å². The fourth-order valence-electron chi connectivity index (χ4n) is 2.67. The van der Waals surface area contributed by atoms with Gasteiger partial charge in [0.15, 0.2) is 0 Å². The van der Waals surface area contributed by atoms with E-state index in [9.17, 15) is 18.0 Å². The first-order valence-corrected chi connectivity index (χ1v) is 8.39. The van der Waals surface area contributed by atoms with Gasteiger partial charge < -0.3 is 20.4 Å². The smallest absolute Gasteiger partial charge is 0.420 e. The summed E-state index contributed by atoms with van der Waals surface area (Å²) in [4.78, 5) is 16.0. The largest absolute Gasteiger partial charge is 0.457 e. The minimum absolute atomic E-state index is 0.165. The van der Waals surface area contributed by atoms with E-state index in [0.717, 1.165) is 11.8 Å². The Bertz CT molecular complexity index is 1040. The number of nitrogens with two attached hydrogens (primary N) is 1. The molecular weight excluding hydrogens is 385 g/mol. The minimum atomic E-state index is -4.73. The van der Waals surface area contributed by atoms with E-state index in [1.165, 1.54) is 13.0 Å². The molecule has 9 heteroatoms. The molecule has 0 bridgehead atoms. The molecule has 0 saturated carbocycles. The van der Waals surface area contributed by atoms with Crippen LogP contribution in [0.2, 0.25) is 0 Å². The lowest BCUT2D eigenvalue weighted by Gasteiger charge is -2.17. The first-order valence-electron chi connectivity index (χ1n) is 8.39. The number of imidazole rings is 1. The average molecular weight is 402 g/mol. The molecule has 0 radical (unpaired) electrons. The quantitative estimate of drug-likeness (QED) is 0.672. The number of nitrogens with zero attached hydrogens (tertiary/aromatic N) is 2. The molecule has 0 aliphatic heterocycles. The number of carbonyl (C=O) groups is 1. The Morgan fingerprint density at radius 1 is 1.24 bits per heavy atom. The van der Waals surface area contributed by atoms with Crippen molar-refractivity contribution >= 4 is 5.91 Å². The van der Waals surface area contributed by atoms with Crippen LogP contribution in [0, 0.1) is 6.92 Å². The van der Waals surface area contributed by atoms with Gasteiger partial charge in [0.1, 0.15) is 11.5 Å². The Labute approximate surface area is 164 Å². The van der Waals surface area contributed by atoms with Crippen LogP contribution in [-0.2, 0) is 6.18 Å². The summed E-state index contributed by atoms with van der Waals surface area (Å²) in [6.07, 6.45) is 0.219. The second kappa shape index (κ2) is 7.70. The van der Waals surface area contributed by atoms with Crippen LogP contribution in [0.15, 0.2) is 67.5 Å². The number of halogens is 3. The number of benzene rings is 2. The highest BCUT2D eigenvalue weighted by Gasteiger charge is 2.36. The summed E-state index contributed by atoms with van der Waals surface area (Å²) in [6, 6.07) is 8.37. The summed E-state index contributed by atoms with van der Waals surface area (Å²) in [6.45, 7) is 4.82. The highest BCUT2D eigenvalue weighted by molar-refractivity contribution is 5.97. The Morgan fingerprint density at radius 2 is 1.93 bits per heavy atom. The summed E-state index contributed by atoms with van der Waals surface area (Å²) in [5, 5.41) is 2.20. The molecule has 3 rings (SSSR count). The van der Waals surface area contributed by atoms with Crippen molar-refractivity contribution in [3.05, 3.63) is 84.2 Å². The van der Waals surface area contributed by atoms with Crippen LogP contribution in [0.5, 0.6) is 11.5 Å². The van der Waals surface area contributed by atoms with E-state index in [1.807, 2.05) is 0 Å². The maximum Gasteiger partial charge on any atom is 0.420 e. The van der Waals surface area contributed by atoms with Crippen LogP contribution in [0.1, 0.15) is 21.5 Å². The highest BCUT2D eigenvalue weighted by Crippen LogP contribution is 2.40. The lowest BCUT2D eigenvalue weighted by Crippen LogP contribution is -2.27. The molecule has 0 aliphatic rings. The van der Waals surface area contributed by atoms with E-state index in [0.29, 0.717) is 5.56 Å². The molecule has 3 aromatic rings. The van der Waals surface area contributed by atoms with Gasteiger partial charge in [0.25, 0.3) is 5.91 Å². The van der Waals surface area contributed by atoms with Gasteiger partial charge in [-0.2, -0.15) is 13.2 Å². The number of alkyl halides is 3. The zero-order valence-corrected chi connectivity index (χ0v) is 15.3. The van der Waals surface area contributed by atoms with Crippen LogP contribution in [-0.4, -0.2) is 15.5 Å². The molecule has 1 heterocycles.